The van der Waals surface area contributed by atoms with E-state index < -0.39 is 0 Å². The largest absolute Gasteiger partial charge is 0.506 e. The van der Waals surface area contributed by atoms with Crippen LogP contribution in [0.4, 0.5) is 0 Å². The Bertz CT molecular complexity index is 733. The van der Waals surface area contributed by atoms with Crippen molar-refractivity contribution in [3.63, 3.8) is 0 Å². The Hall–Kier alpha value is -2.43. The summed E-state index contributed by atoms with van der Waals surface area (Å²) in [5.41, 5.74) is 2.51. The Morgan fingerprint density at radius 3 is 2.58 bits per heavy atom. The fourth-order valence-corrected chi connectivity index (χ4v) is 2.24. The first-order valence-electron chi connectivity index (χ1n) is 6.14. The summed E-state index contributed by atoms with van der Waals surface area (Å²) in [5.74, 6) is 0.866. The third-order valence-electron chi connectivity index (χ3n) is 3.05. The molecule has 0 fully saturated rings. The second kappa shape index (κ2) is 4.35. The SMILES string of the molecule is CC(C)n1c(-c2ccncc2O)nc2cnccc21. The Morgan fingerprint density at radius 2 is 1.84 bits per heavy atom. The lowest BCUT2D eigenvalue weighted by atomic mass is 10.2. The van der Waals surface area contributed by atoms with E-state index in [0.717, 1.165) is 16.9 Å². The maximum atomic E-state index is 9.96. The van der Waals surface area contributed by atoms with Gasteiger partial charge in [0.2, 0.25) is 0 Å². The molecule has 19 heavy (non-hydrogen) atoms. The van der Waals surface area contributed by atoms with E-state index in [9.17, 15) is 5.11 Å². The zero-order chi connectivity index (χ0) is 13.4. The molecular weight excluding hydrogens is 240 g/mol. The van der Waals surface area contributed by atoms with Gasteiger partial charge >= 0.3 is 0 Å². The van der Waals surface area contributed by atoms with E-state index >= 15 is 0 Å². The van der Waals surface area contributed by atoms with Crippen molar-refractivity contribution in [2.24, 2.45) is 0 Å². The molecule has 5 heteroatoms. The third kappa shape index (κ3) is 1.83. The van der Waals surface area contributed by atoms with Crippen LogP contribution in [0.1, 0.15) is 19.9 Å². The van der Waals surface area contributed by atoms with Gasteiger partial charge in [0.1, 0.15) is 17.1 Å². The molecule has 0 aliphatic rings. The molecule has 96 valence electrons. The molecule has 0 unspecified atom stereocenters. The minimum Gasteiger partial charge on any atom is -0.506 e. The number of nitrogens with zero attached hydrogens (tertiary/aromatic N) is 4. The zero-order valence-electron chi connectivity index (χ0n) is 10.8. The summed E-state index contributed by atoms with van der Waals surface area (Å²) in [6.07, 6.45) is 6.56. The summed E-state index contributed by atoms with van der Waals surface area (Å²) < 4.78 is 2.09. The summed E-state index contributed by atoms with van der Waals surface area (Å²) in [6.45, 7) is 4.17. The van der Waals surface area contributed by atoms with E-state index in [0.29, 0.717) is 5.56 Å². The Labute approximate surface area is 110 Å². The van der Waals surface area contributed by atoms with Gasteiger partial charge in [-0.25, -0.2) is 4.98 Å². The van der Waals surface area contributed by atoms with Crippen molar-refractivity contribution in [2.75, 3.05) is 0 Å². The molecule has 0 aliphatic carbocycles. The van der Waals surface area contributed by atoms with Gasteiger partial charge in [0, 0.05) is 18.4 Å². The number of pyridine rings is 2. The lowest BCUT2D eigenvalue weighted by molar-refractivity contribution is 0.473. The van der Waals surface area contributed by atoms with Crippen molar-refractivity contribution in [1.29, 1.82) is 0 Å². The van der Waals surface area contributed by atoms with Crippen molar-refractivity contribution in [2.45, 2.75) is 19.9 Å². The highest BCUT2D eigenvalue weighted by atomic mass is 16.3. The molecule has 3 rings (SSSR count). The first kappa shape index (κ1) is 11.6. The summed E-state index contributed by atoms with van der Waals surface area (Å²) in [7, 11) is 0. The van der Waals surface area contributed by atoms with Gasteiger partial charge in [-0.2, -0.15) is 0 Å². The molecule has 0 bridgehead atoms. The normalized spacial score (nSPS) is 11.3. The highest BCUT2D eigenvalue weighted by Gasteiger charge is 2.17. The Kier molecular flexibility index (Phi) is 2.67. The van der Waals surface area contributed by atoms with Crippen LogP contribution in [0.2, 0.25) is 0 Å². The van der Waals surface area contributed by atoms with Gasteiger partial charge in [0.25, 0.3) is 0 Å². The predicted octanol–water partition coefficient (Wildman–Crippen LogP) is 2.78. The molecule has 1 N–H and O–H groups in total. The molecule has 0 radical (unpaired) electrons. The number of aromatic hydroxyl groups is 1. The molecule has 3 heterocycles. The van der Waals surface area contributed by atoms with E-state index in [4.69, 9.17) is 0 Å². The van der Waals surface area contributed by atoms with Crippen LogP contribution >= 0.6 is 0 Å². The Balaban J connectivity index is 2.35. The van der Waals surface area contributed by atoms with Crippen LogP contribution in [-0.4, -0.2) is 24.6 Å². The second-order valence-corrected chi connectivity index (χ2v) is 4.66. The van der Waals surface area contributed by atoms with E-state index in [1.54, 1.807) is 24.7 Å². The standard InChI is InChI=1S/C14H14N4O/c1-9(2)18-12-4-6-15-7-11(12)17-14(18)10-3-5-16-8-13(10)19/h3-9,19H,1-2H3. The fourth-order valence-electron chi connectivity index (χ4n) is 2.24. The highest BCUT2D eigenvalue weighted by Crippen LogP contribution is 2.32. The smallest absolute Gasteiger partial charge is 0.145 e. The number of hydrogen-bond donors (Lipinski definition) is 1. The van der Waals surface area contributed by atoms with Gasteiger partial charge in [-0.3, -0.25) is 9.97 Å². The van der Waals surface area contributed by atoms with Gasteiger partial charge in [0.15, 0.2) is 0 Å². The van der Waals surface area contributed by atoms with E-state index in [1.807, 2.05) is 6.07 Å². The van der Waals surface area contributed by atoms with Crippen LogP contribution < -0.4 is 0 Å². The molecule has 5 nitrogen and oxygen atoms in total. The minimum absolute atomic E-state index is 0.132. The maximum absolute atomic E-state index is 9.96. The topological polar surface area (TPSA) is 63.8 Å². The fraction of sp³-hybridized carbons (Fsp3) is 0.214. The van der Waals surface area contributed by atoms with Crippen molar-refractivity contribution >= 4 is 11.0 Å². The summed E-state index contributed by atoms with van der Waals surface area (Å²) >= 11 is 0. The van der Waals surface area contributed by atoms with Gasteiger partial charge < -0.3 is 9.67 Å². The summed E-state index contributed by atoms with van der Waals surface area (Å²) in [6, 6.07) is 3.93. The maximum Gasteiger partial charge on any atom is 0.145 e. The van der Waals surface area contributed by atoms with Crippen LogP contribution in [0.25, 0.3) is 22.4 Å². The van der Waals surface area contributed by atoms with E-state index in [1.165, 1.54) is 6.20 Å². The minimum atomic E-state index is 0.132. The lowest BCUT2D eigenvalue weighted by Crippen LogP contribution is -2.03. The highest BCUT2D eigenvalue weighted by molar-refractivity contribution is 5.81. The van der Waals surface area contributed by atoms with Crippen molar-refractivity contribution in [3.8, 4) is 17.1 Å². The first-order chi connectivity index (χ1) is 9.18. The van der Waals surface area contributed by atoms with Crippen LogP contribution in [0.3, 0.4) is 0 Å². The second-order valence-electron chi connectivity index (χ2n) is 4.66. The van der Waals surface area contributed by atoms with Crippen molar-refractivity contribution in [3.05, 3.63) is 36.9 Å². The van der Waals surface area contributed by atoms with Crippen molar-refractivity contribution < 1.29 is 5.11 Å². The number of hydrogen-bond acceptors (Lipinski definition) is 4. The molecular formula is C14H14N4O. The van der Waals surface area contributed by atoms with Crippen molar-refractivity contribution in [1.82, 2.24) is 19.5 Å². The van der Waals surface area contributed by atoms with Crippen LogP contribution in [0.15, 0.2) is 36.9 Å². The van der Waals surface area contributed by atoms with E-state index in [-0.39, 0.29) is 11.8 Å². The summed E-state index contributed by atoms with van der Waals surface area (Å²) in [5, 5.41) is 9.96. The molecule has 0 aliphatic heterocycles. The molecule has 0 spiro atoms. The lowest BCUT2D eigenvalue weighted by Gasteiger charge is -2.13. The molecule has 0 amide bonds. The number of fused-ring (bicyclic) bond motifs is 1. The average molecular weight is 254 g/mol. The zero-order valence-corrected chi connectivity index (χ0v) is 10.8. The molecule has 0 aromatic carbocycles. The molecule has 0 saturated heterocycles. The molecule has 3 aromatic rings. The summed E-state index contributed by atoms with van der Waals surface area (Å²) in [4.78, 5) is 12.6. The number of imidazole rings is 1. The predicted molar refractivity (Wildman–Crippen MR) is 72.8 cm³/mol. The van der Waals surface area contributed by atoms with Crippen LogP contribution in [0, 0.1) is 0 Å². The molecule has 0 atom stereocenters. The van der Waals surface area contributed by atoms with Gasteiger partial charge in [0.05, 0.1) is 23.5 Å². The molecule has 3 aromatic heterocycles. The number of aromatic nitrogens is 4. The quantitative estimate of drug-likeness (QED) is 0.763. The van der Waals surface area contributed by atoms with E-state index in [2.05, 4.69) is 33.4 Å². The monoisotopic (exact) mass is 254 g/mol. The van der Waals surface area contributed by atoms with Crippen LogP contribution in [-0.2, 0) is 0 Å². The van der Waals surface area contributed by atoms with Gasteiger partial charge in [-0.1, -0.05) is 0 Å². The first-order valence-corrected chi connectivity index (χ1v) is 6.14. The number of rotatable bonds is 2. The van der Waals surface area contributed by atoms with Crippen LogP contribution in [0.5, 0.6) is 5.75 Å². The molecule has 0 saturated carbocycles. The average Bonchev–Trinajstić information content (AvgIpc) is 2.78. The van der Waals surface area contributed by atoms with Gasteiger partial charge in [-0.05, 0) is 26.0 Å². The Morgan fingerprint density at radius 1 is 1.11 bits per heavy atom. The van der Waals surface area contributed by atoms with Gasteiger partial charge in [-0.15, -0.1) is 0 Å². The third-order valence-corrected chi connectivity index (χ3v) is 3.05.